The summed E-state index contributed by atoms with van der Waals surface area (Å²) in [4.78, 5) is 10.1. The van der Waals surface area contributed by atoms with Gasteiger partial charge in [-0.25, -0.2) is 9.97 Å². The van der Waals surface area contributed by atoms with Crippen molar-refractivity contribution < 1.29 is 0 Å². The summed E-state index contributed by atoms with van der Waals surface area (Å²) in [5, 5.41) is 5.16. The average molecular weight is 776 g/mol. The van der Waals surface area contributed by atoms with Crippen molar-refractivity contribution in [3.05, 3.63) is 224 Å². The molecular weight excluding hydrogens is 739 g/mol. The molecule has 3 heteroatoms. The molecule has 0 aliphatic carbocycles. The lowest BCUT2D eigenvalue weighted by molar-refractivity contribution is 1.18. The van der Waals surface area contributed by atoms with Gasteiger partial charge in [-0.3, -0.25) is 0 Å². The summed E-state index contributed by atoms with van der Waals surface area (Å²) in [6.45, 7) is 0. The number of rotatable bonds is 7. The predicted molar refractivity (Wildman–Crippen MR) is 255 cm³/mol. The van der Waals surface area contributed by atoms with Crippen LogP contribution < -0.4 is 0 Å². The highest BCUT2D eigenvalue weighted by Crippen LogP contribution is 2.44. The summed E-state index contributed by atoms with van der Waals surface area (Å²) >= 11 is 0. The van der Waals surface area contributed by atoms with E-state index in [-0.39, 0.29) is 0 Å². The molecule has 9 aromatic carbocycles. The van der Waals surface area contributed by atoms with Crippen molar-refractivity contribution in [2.24, 2.45) is 0 Å². The van der Waals surface area contributed by atoms with Crippen LogP contribution in [0.3, 0.4) is 0 Å². The number of nitrogens with zero attached hydrogens (tertiary/aromatic N) is 3. The minimum absolute atomic E-state index is 0.712. The van der Waals surface area contributed by atoms with Crippen LogP contribution in [0.2, 0.25) is 0 Å². The van der Waals surface area contributed by atoms with E-state index in [1.165, 1.54) is 71.5 Å². The van der Waals surface area contributed by atoms with Crippen LogP contribution in [0.4, 0.5) is 0 Å². The zero-order valence-corrected chi connectivity index (χ0v) is 33.2. The highest BCUT2D eigenvalue weighted by atomic mass is 14.9. The first-order chi connectivity index (χ1) is 30.2. The van der Waals surface area contributed by atoms with Crippen LogP contribution in [0.15, 0.2) is 224 Å². The normalized spacial score (nSPS) is 11.6. The van der Waals surface area contributed by atoms with Crippen molar-refractivity contribution in [3.63, 3.8) is 0 Å². The molecule has 0 bridgehead atoms. The Balaban J connectivity index is 0.920. The Morgan fingerprint density at radius 3 is 1.39 bits per heavy atom. The van der Waals surface area contributed by atoms with Gasteiger partial charge in [-0.2, -0.15) is 0 Å². The third kappa shape index (κ3) is 5.98. The molecule has 0 atom stereocenters. The maximum Gasteiger partial charge on any atom is 0.160 e. The van der Waals surface area contributed by atoms with Gasteiger partial charge in [-0.1, -0.05) is 188 Å². The Bertz CT molecular complexity index is 3510. The molecular formula is C58H37N3. The van der Waals surface area contributed by atoms with Gasteiger partial charge >= 0.3 is 0 Å². The van der Waals surface area contributed by atoms with Crippen LogP contribution in [0.5, 0.6) is 0 Å². The third-order valence-corrected chi connectivity index (χ3v) is 12.1. The summed E-state index contributed by atoms with van der Waals surface area (Å²) in [7, 11) is 0. The number of hydrogen-bond donors (Lipinski definition) is 0. The molecule has 3 heterocycles. The van der Waals surface area contributed by atoms with Crippen molar-refractivity contribution in [3.8, 4) is 78.4 Å². The quantitative estimate of drug-likeness (QED) is 0.161. The summed E-state index contributed by atoms with van der Waals surface area (Å²) in [6, 6.07) is 80.4. The molecule has 0 saturated carbocycles. The second kappa shape index (κ2) is 14.3. The van der Waals surface area contributed by atoms with E-state index in [1.54, 1.807) is 0 Å². The Morgan fingerprint density at radius 1 is 0.279 bits per heavy atom. The number of benzene rings is 9. The number of hydrogen-bond acceptors (Lipinski definition) is 2. The average Bonchev–Trinajstić information content (AvgIpc) is 3.87. The number of para-hydroxylation sites is 1. The van der Waals surface area contributed by atoms with Crippen molar-refractivity contribution >= 4 is 38.1 Å². The zero-order chi connectivity index (χ0) is 40.3. The third-order valence-electron chi connectivity index (χ3n) is 12.1. The van der Waals surface area contributed by atoms with Gasteiger partial charge in [-0.05, 0) is 80.9 Å². The van der Waals surface area contributed by atoms with Gasteiger partial charge < -0.3 is 4.40 Å². The fraction of sp³-hybridized carbons (Fsp3) is 0. The van der Waals surface area contributed by atoms with Crippen LogP contribution in [-0.2, 0) is 0 Å². The first-order valence-electron chi connectivity index (χ1n) is 20.8. The van der Waals surface area contributed by atoms with Crippen LogP contribution in [-0.4, -0.2) is 14.4 Å². The summed E-state index contributed by atoms with van der Waals surface area (Å²) in [6.07, 6.45) is 0. The summed E-state index contributed by atoms with van der Waals surface area (Å²) in [5.74, 6) is 0.712. The topological polar surface area (TPSA) is 30.2 Å². The van der Waals surface area contributed by atoms with Crippen LogP contribution in [0, 0.1) is 0 Å². The Morgan fingerprint density at radius 2 is 0.754 bits per heavy atom. The highest BCUT2D eigenvalue weighted by molar-refractivity contribution is 6.27. The molecule has 0 fully saturated rings. The van der Waals surface area contributed by atoms with E-state index >= 15 is 0 Å². The summed E-state index contributed by atoms with van der Waals surface area (Å²) < 4.78 is 2.49. The van der Waals surface area contributed by atoms with Crippen molar-refractivity contribution in [1.29, 1.82) is 0 Å². The van der Waals surface area contributed by atoms with Crippen LogP contribution in [0.25, 0.3) is 117 Å². The molecule has 0 spiro atoms. The second-order valence-electron chi connectivity index (χ2n) is 15.8. The van der Waals surface area contributed by atoms with Gasteiger partial charge in [0.25, 0.3) is 0 Å². The van der Waals surface area contributed by atoms with E-state index in [9.17, 15) is 0 Å². The second-order valence-corrected chi connectivity index (χ2v) is 15.8. The molecule has 0 saturated heterocycles. The summed E-state index contributed by atoms with van der Waals surface area (Å²) in [5.41, 5.74) is 18.2. The zero-order valence-electron chi connectivity index (χ0n) is 33.2. The number of aromatic nitrogens is 3. The van der Waals surface area contributed by atoms with E-state index < -0.39 is 0 Å². The lowest BCUT2D eigenvalue weighted by Gasteiger charge is -2.11. The van der Waals surface area contributed by atoms with Crippen molar-refractivity contribution in [2.45, 2.75) is 0 Å². The van der Waals surface area contributed by atoms with Gasteiger partial charge in [0.2, 0.25) is 0 Å². The van der Waals surface area contributed by atoms with E-state index in [2.05, 4.69) is 205 Å². The van der Waals surface area contributed by atoms with E-state index in [0.717, 1.165) is 39.2 Å². The lowest BCUT2D eigenvalue weighted by Crippen LogP contribution is -1.96. The maximum atomic E-state index is 5.10. The van der Waals surface area contributed by atoms with Crippen molar-refractivity contribution in [2.75, 3.05) is 0 Å². The van der Waals surface area contributed by atoms with Gasteiger partial charge in [0.1, 0.15) is 0 Å². The predicted octanol–water partition coefficient (Wildman–Crippen LogP) is 15.3. The molecule has 0 amide bonds. The molecule has 3 nitrogen and oxygen atoms in total. The maximum absolute atomic E-state index is 5.10. The van der Waals surface area contributed by atoms with E-state index in [0.29, 0.717) is 5.82 Å². The standard InChI is InChI=1S/C58H37N3/c1-4-15-38(16-5-1)48-31-32-50-49-30-29-46(36-55(49)61-54-28-11-10-27-51(54)56(48)57(50)61)44-24-13-22-42(34-44)41-21-12-23-43(33-41)45-25-14-26-47(35-45)53-37-52(39-17-6-2-7-18-39)59-58(60-53)40-19-8-3-9-20-40/h1-37H. The number of fused-ring (bicyclic) bond motifs is 6. The van der Waals surface area contributed by atoms with Crippen molar-refractivity contribution in [1.82, 2.24) is 14.4 Å². The fourth-order valence-electron chi connectivity index (χ4n) is 9.23. The largest absolute Gasteiger partial charge is 0.308 e. The first-order valence-corrected chi connectivity index (χ1v) is 20.8. The van der Waals surface area contributed by atoms with Crippen LogP contribution >= 0.6 is 0 Å². The fourth-order valence-corrected chi connectivity index (χ4v) is 9.23. The molecule has 0 aliphatic rings. The first kappa shape index (κ1) is 34.9. The Hall–Kier alpha value is -8.14. The molecule has 0 N–H and O–H groups in total. The van der Waals surface area contributed by atoms with Crippen LogP contribution in [0.1, 0.15) is 0 Å². The Kier molecular flexibility index (Phi) is 8.17. The minimum Gasteiger partial charge on any atom is -0.308 e. The SMILES string of the molecule is c1ccc(-c2cc(-c3cccc(-c4cccc(-c5cccc(-c6ccc7c8ccc(-c9ccccc9)c9c%10ccccc%10n(c7c6)c89)c5)c4)c3)nc(-c3ccccc3)n2)cc1. The molecule has 61 heavy (non-hydrogen) atoms. The molecule has 0 unspecified atom stereocenters. The minimum atomic E-state index is 0.712. The molecule has 0 aliphatic heterocycles. The molecule has 12 rings (SSSR count). The molecule has 12 aromatic rings. The molecule has 0 radical (unpaired) electrons. The van der Waals surface area contributed by atoms with E-state index in [4.69, 9.17) is 9.97 Å². The highest BCUT2D eigenvalue weighted by Gasteiger charge is 2.21. The molecule has 3 aromatic heterocycles. The van der Waals surface area contributed by atoms with Gasteiger partial charge in [-0.15, -0.1) is 0 Å². The monoisotopic (exact) mass is 775 g/mol. The molecule has 284 valence electrons. The van der Waals surface area contributed by atoms with E-state index in [1.807, 2.05) is 24.3 Å². The van der Waals surface area contributed by atoms with Gasteiger partial charge in [0.05, 0.1) is 27.9 Å². The Labute approximate surface area is 353 Å². The smallest absolute Gasteiger partial charge is 0.160 e. The van der Waals surface area contributed by atoms with Gasteiger partial charge in [0.15, 0.2) is 5.82 Å². The lowest BCUT2D eigenvalue weighted by atomic mass is 9.94. The van der Waals surface area contributed by atoms with Gasteiger partial charge in [0, 0.05) is 38.2 Å².